The number of methoxy groups -OCH3 is 1. The molecule has 2 amide bonds. The average molecular weight is 839 g/mol. The molecule has 9 rings (SSSR count). The van der Waals surface area contributed by atoms with Crippen molar-refractivity contribution in [2.75, 3.05) is 65.0 Å². The number of cyclic esters (lactones) is 1. The highest BCUT2D eigenvalue weighted by atomic mass is 32.1. The van der Waals surface area contributed by atoms with Gasteiger partial charge in [-0.3, -0.25) is 24.4 Å². The number of amides is 2. The van der Waals surface area contributed by atoms with E-state index in [4.69, 9.17) is 24.2 Å². The number of carbonyl (C=O) groups excluding carboxylic acids is 3. The number of aromatic nitrogens is 3. The van der Waals surface area contributed by atoms with Gasteiger partial charge in [-0.1, -0.05) is 20.8 Å². The molecule has 2 N–H and O–H groups in total. The number of carbonyl (C=O) groups is 3. The lowest BCUT2D eigenvalue weighted by Gasteiger charge is -2.35. The number of nitrogens with one attached hydrogen (secondary N) is 2. The van der Waals surface area contributed by atoms with Gasteiger partial charge in [0.25, 0.3) is 5.91 Å². The zero-order chi connectivity index (χ0) is 42.0. The smallest absolute Gasteiger partial charge is 0.324 e. The van der Waals surface area contributed by atoms with Crippen LogP contribution in [0, 0.1) is 17.3 Å². The summed E-state index contributed by atoms with van der Waals surface area (Å²) >= 11 is 1.48. The van der Waals surface area contributed by atoms with Gasteiger partial charge in [-0.05, 0) is 76.3 Å². The first kappa shape index (κ1) is 40.8. The number of fused-ring (bicyclic) bond motifs is 6. The number of pyridine rings is 1. The Morgan fingerprint density at radius 2 is 1.88 bits per heavy atom. The molecule has 0 spiro atoms. The maximum atomic E-state index is 14.2. The molecule has 320 valence electrons. The van der Waals surface area contributed by atoms with Gasteiger partial charge in [-0.2, -0.15) is 0 Å². The predicted molar refractivity (Wildman–Crippen MR) is 231 cm³/mol. The lowest BCUT2D eigenvalue weighted by atomic mass is 9.84. The lowest BCUT2D eigenvalue weighted by molar-refractivity contribution is -0.155. The maximum Gasteiger partial charge on any atom is 0.324 e. The second-order valence-corrected chi connectivity index (χ2v) is 19.4. The third-order valence-corrected chi connectivity index (χ3v) is 14.0. The number of likely N-dealkylation sites (N-methyl/N-ethyl adjacent to an activating group) is 1. The summed E-state index contributed by atoms with van der Waals surface area (Å²) in [5.74, 6) is 0.159. The molecule has 3 fully saturated rings. The van der Waals surface area contributed by atoms with E-state index in [9.17, 15) is 14.4 Å². The summed E-state index contributed by atoms with van der Waals surface area (Å²) in [5, 5.41) is 8.36. The Morgan fingerprint density at radius 3 is 2.63 bits per heavy atom. The van der Waals surface area contributed by atoms with Crippen LogP contribution >= 0.6 is 11.3 Å². The molecular weight excluding hydrogens is 781 g/mol. The first-order valence-electron chi connectivity index (χ1n) is 21.6. The molecule has 4 aliphatic heterocycles. The fraction of sp³-hybridized carbons (Fsp3) is 0.578. The van der Waals surface area contributed by atoms with Crippen molar-refractivity contribution in [1.29, 1.82) is 0 Å². The normalized spacial score (nSPS) is 26.3. The third kappa shape index (κ3) is 7.78. The molecule has 6 bridgehead atoms. The van der Waals surface area contributed by atoms with E-state index >= 15 is 0 Å². The van der Waals surface area contributed by atoms with E-state index in [-0.39, 0.29) is 48.8 Å². The first-order chi connectivity index (χ1) is 28.8. The van der Waals surface area contributed by atoms with Crippen LogP contribution in [0.1, 0.15) is 82.3 Å². The molecule has 4 aromatic rings. The van der Waals surface area contributed by atoms with Gasteiger partial charge < -0.3 is 33.9 Å². The van der Waals surface area contributed by atoms with Crippen molar-refractivity contribution >= 4 is 45.7 Å². The minimum absolute atomic E-state index is 0.00430. The number of benzene rings is 1. The molecule has 5 aliphatic rings. The molecule has 14 nitrogen and oxygen atoms in total. The fourth-order valence-corrected chi connectivity index (χ4v) is 10.2. The number of hydrogen-bond donors (Lipinski definition) is 2. The van der Waals surface area contributed by atoms with Crippen molar-refractivity contribution in [2.24, 2.45) is 17.3 Å². The zero-order valence-corrected chi connectivity index (χ0v) is 36.7. The van der Waals surface area contributed by atoms with Crippen molar-refractivity contribution in [3.8, 4) is 28.3 Å². The standard InChI is InChI=1S/C45H58N8O6S/c1-25-15-30(25)42(54)48-35-19-38-47-36(23-60-38)28-16-31-33(20-45(4,5)24-59-44(56)34-9-8-10-52(49-34)43(35)55)40(53-26(2)22-58-37(17-28)41(31)53)32-18-29(21-46-39(32)27(3)57-7)51-13-11-50(6)12-14-51/h16-18,21,23,25-27,30,34-35,49H,8-15,19-20,22,24H2,1-7H3,(H,48,54)/t25-,26?,27-,30-,34-,35-/m0/s1. The number of piperazine rings is 1. The topological polar surface area (TPSA) is 143 Å². The molecule has 0 radical (unpaired) electrons. The molecule has 7 heterocycles. The molecule has 2 saturated heterocycles. The third-order valence-electron chi connectivity index (χ3n) is 13.1. The molecule has 1 unspecified atom stereocenters. The second kappa shape index (κ2) is 16.0. The summed E-state index contributed by atoms with van der Waals surface area (Å²) in [6.45, 7) is 15.4. The van der Waals surface area contributed by atoms with Gasteiger partial charge in [0.15, 0.2) is 0 Å². The van der Waals surface area contributed by atoms with Crippen molar-refractivity contribution in [3.63, 3.8) is 0 Å². The van der Waals surface area contributed by atoms with Crippen molar-refractivity contribution in [3.05, 3.63) is 46.0 Å². The van der Waals surface area contributed by atoms with Crippen LogP contribution in [0.4, 0.5) is 5.69 Å². The Bertz CT molecular complexity index is 2320. The van der Waals surface area contributed by atoms with Crippen molar-refractivity contribution < 1.29 is 28.6 Å². The molecule has 1 aliphatic carbocycles. The van der Waals surface area contributed by atoms with E-state index in [1.165, 1.54) is 16.3 Å². The van der Waals surface area contributed by atoms with E-state index in [0.717, 1.165) is 93.7 Å². The molecule has 3 aromatic heterocycles. The highest BCUT2D eigenvalue weighted by Gasteiger charge is 2.42. The number of nitrogens with zero attached hydrogens (tertiary/aromatic N) is 6. The minimum atomic E-state index is -0.847. The van der Waals surface area contributed by atoms with E-state index in [1.54, 1.807) is 7.11 Å². The van der Waals surface area contributed by atoms with Gasteiger partial charge in [0.2, 0.25) is 5.91 Å². The molecular formula is C45H58N8O6S. The van der Waals surface area contributed by atoms with Crippen LogP contribution in [0.3, 0.4) is 0 Å². The van der Waals surface area contributed by atoms with Crippen molar-refractivity contribution in [2.45, 2.75) is 91.0 Å². The van der Waals surface area contributed by atoms with Crippen LogP contribution in [-0.2, 0) is 36.7 Å². The zero-order valence-electron chi connectivity index (χ0n) is 35.9. The number of thiazole rings is 1. The monoisotopic (exact) mass is 838 g/mol. The van der Waals surface area contributed by atoms with E-state index in [1.807, 2.05) is 25.4 Å². The largest absolute Gasteiger partial charge is 0.489 e. The molecule has 6 atom stereocenters. The fourth-order valence-electron chi connectivity index (χ4n) is 9.33. The minimum Gasteiger partial charge on any atom is -0.489 e. The number of hydrazine groups is 1. The lowest BCUT2D eigenvalue weighted by Crippen LogP contribution is -2.60. The van der Waals surface area contributed by atoms with Crippen LogP contribution < -0.4 is 20.4 Å². The van der Waals surface area contributed by atoms with E-state index in [2.05, 4.69) is 71.1 Å². The van der Waals surface area contributed by atoms with Crippen LogP contribution in [0.5, 0.6) is 5.75 Å². The second-order valence-electron chi connectivity index (χ2n) is 18.5. The Balaban J connectivity index is 1.21. The average Bonchev–Trinajstić information content (AvgIpc) is 3.65. The first-order valence-corrected chi connectivity index (χ1v) is 22.5. The van der Waals surface area contributed by atoms with Gasteiger partial charge in [0.1, 0.15) is 24.4 Å². The number of hydrogen-bond acceptors (Lipinski definition) is 12. The summed E-state index contributed by atoms with van der Waals surface area (Å²) in [5.41, 5.74) is 10.5. The van der Waals surface area contributed by atoms with Gasteiger partial charge >= 0.3 is 5.97 Å². The van der Waals surface area contributed by atoms with Gasteiger partial charge in [-0.25, -0.2) is 10.4 Å². The summed E-state index contributed by atoms with van der Waals surface area (Å²) in [6, 6.07) is 5.06. The van der Waals surface area contributed by atoms with Gasteiger partial charge in [-0.15, -0.1) is 11.3 Å². The van der Waals surface area contributed by atoms with E-state index < -0.39 is 23.5 Å². The summed E-state index contributed by atoms with van der Waals surface area (Å²) < 4.78 is 21.2. The highest BCUT2D eigenvalue weighted by Crippen LogP contribution is 2.48. The summed E-state index contributed by atoms with van der Waals surface area (Å²) in [7, 11) is 3.89. The predicted octanol–water partition coefficient (Wildman–Crippen LogP) is 5.54. The van der Waals surface area contributed by atoms with E-state index in [0.29, 0.717) is 32.4 Å². The maximum absolute atomic E-state index is 14.2. The number of anilines is 1. The molecule has 1 saturated carbocycles. The SMILES string of the molecule is CO[C@@H](C)c1ncc(N2CCN(C)CC2)cc1-c1c2c3cc(cc4c3n1C(C)CO4)-c1csc(n1)C[C@H](NC(=O)[C@H]1C[C@@H]1C)C(=O)N1CCC[C@H](N1)C(=O)OCC(C)(C)C2. The van der Waals surface area contributed by atoms with Gasteiger partial charge in [0.05, 0.1) is 58.2 Å². The quantitative estimate of drug-likeness (QED) is 0.236. The number of rotatable bonds is 6. The van der Waals surface area contributed by atoms with Crippen LogP contribution in [0.15, 0.2) is 29.8 Å². The van der Waals surface area contributed by atoms with Gasteiger partial charge in [0, 0.05) is 79.5 Å². The molecule has 1 aromatic carbocycles. The molecule has 60 heavy (non-hydrogen) atoms. The highest BCUT2D eigenvalue weighted by molar-refractivity contribution is 7.10. The Labute approximate surface area is 355 Å². The Morgan fingerprint density at radius 1 is 1.10 bits per heavy atom. The summed E-state index contributed by atoms with van der Waals surface area (Å²) in [6.07, 6.45) is 4.49. The Kier molecular flexibility index (Phi) is 10.9. The van der Waals surface area contributed by atoms with Crippen LogP contribution in [-0.4, -0.2) is 114 Å². The molecule has 15 heteroatoms. The van der Waals surface area contributed by atoms with Crippen molar-refractivity contribution in [1.82, 2.24) is 35.2 Å². The summed E-state index contributed by atoms with van der Waals surface area (Å²) in [4.78, 5) is 56.4. The Hall–Kier alpha value is -4.57. The number of ether oxygens (including phenoxy) is 3. The van der Waals surface area contributed by atoms with Crippen LogP contribution in [0.25, 0.3) is 33.4 Å². The number of esters is 1. The van der Waals surface area contributed by atoms with Crippen LogP contribution in [0.2, 0.25) is 0 Å².